The first-order valence-corrected chi connectivity index (χ1v) is 8.84. The average molecular weight is 347 g/mol. The summed E-state index contributed by atoms with van der Waals surface area (Å²) in [7, 11) is 0. The number of anilines is 2. The van der Waals surface area contributed by atoms with Crippen LogP contribution in [0, 0.1) is 13.8 Å². The third kappa shape index (κ3) is 2.75. The van der Waals surface area contributed by atoms with Crippen LogP contribution in [0.5, 0.6) is 0 Å². The monoisotopic (exact) mass is 347 g/mol. The summed E-state index contributed by atoms with van der Waals surface area (Å²) in [6.45, 7) is 4.79. The Morgan fingerprint density at radius 3 is 2.73 bits per heavy atom. The highest BCUT2D eigenvalue weighted by Gasteiger charge is 2.22. The second kappa shape index (κ2) is 6.33. The van der Waals surface area contributed by atoms with E-state index in [2.05, 4.69) is 10.3 Å². The molecule has 1 aliphatic heterocycles. The Balaban J connectivity index is 1.63. The summed E-state index contributed by atoms with van der Waals surface area (Å²) in [5.41, 5.74) is 5.20. The zero-order valence-corrected chi connectivity index (χ0v) is 14.9. The predicted molar refractivity (Wildman–Crippen MR) is 104 cm³/mol. The lowest BCUT2D eigenvalue weighted by Gasteiger charge is -2.17. The molecule has 5 nitrogen and oxygen atoms in total. The minimum atomic E-state index is -0.165. The smallest absolute Gasteiger partial charge is 0.257 e. The number of carbonyl (C=O) groups excluding carboxylic acids is 2. The number of nitrogens with zero attached hydrogens (tertiary/aromatic N) is 1. The van der Waals surface area contributed by atoms with Gasteiger partial charge in [0.15, 0.2) is 0 Å². The predicted octanol–water partition coefficient (Wildman–Crippen LogP) is 4.16. The molecule has 2 heterocycles. The highest BCUT2D eigenvalue weighted by atomic mass is 16.2. The Morgan fingerprint density at radius 1 is 1.15 bits per heavy atom. The summed E-state index contributed by atoms with van der Waals surface area (Å²) < 4.78 is 0. The van der Waals surface area contributed by atoms with Gasteiger partial charge in [-0.25, -0.2) is 0 Å². The highest BCUT2D eigenvalue weighted by Crippen LogP contribution is 2.27. The summed E-state index contributed by atoms with van der Waals surface area (Å²) in [6.07, 6.45) is 1.47. The Morgan fingerprint density at radius 2 is 1.96 bits per heavy atom. The van der Waals surface area contributed by atoms with Gasteiger partial charge in [-0.05, 0) is 50.1 Å². The fourth-order valence-electron chi connectivity index (χ4n) is 3.54. The fourth-order valence-corrected chi connectivity index (χ4v) is 3.54. The number of H-pyrrole nitrogens is 1. The number of aromatic nitrogens is 1. The molecule has 0 bridgehead atoms. The molecule has 1 saturated heterocycles. The fraction of sp³-hybridized carbons (Fsp3) is 0.238. The molecule has 2 aromatic carbocycles. The normalized spacial score (nSPS) is 14.2. The van der Waals surface area contributed by atoms with E-state index in [0.29, 0.717) is 17.7 Å². The summed E-state index contributed by atoms with van der Waals surface area (Å²) in [4.78, 5) is 29.9. The number of aromatic amines is 1. The lowest BCUT2D eigenvalue weighted by atomic mass is 10.1. The first kappa shape index (κ1) is 16.4. The van der Waals surface area contributed by atoms with E-state index in [-0.39, 0.29) is 11.8 Å². The number of amides is 2. The molecule has 26 heavy (non-hydrogen) atoms. The van der Waals surface area contributed by atoms with Gasteiger partial charge in [0.25, 0.3) is 5.91 Å². The van der Waals surface area contributed by atoms with Gasteiger partial charge in [-0.15, -0.1) is 0 Å². The topological polar surface area (TPSA) is 65.2 Å². The third-order valence-corrected chi connectivity index (χ3v) is 5.08. The van der Waals surface area contributed by atoms with Gasteiger partial charge in [0, 0.05) is 35.4 Å². The van der Waals surface area contributed by atoms with E-state index in [1.54, 1.807) is 4.90 Å². The van der Waals surface area contributed by atoms with Crippen molar-refractivity contribution in [3.63, 3.8) is 0 Å². The van der Waals surface area contributed by atoms with Crippen LogP contribution in [0.1, 0.15) is 34.5 Å². The largest absolute Gasteiger partial charge is 0.358 e. The molecule has 0 unspecified atom stereocenters. The molecular formula is C21H21N3O2. The van der Waals surface area contributed by atoms with Gasteiger partial charge in [0.2, 0.25) is 5.91 Å². The quantitative estimate of drug-likeness (QED) is 0.747. The van der Waals surface area contributed by atoms with Gasteiger partial charge in [-0.3, -0.25) is 9.59 Å². The first-order valence-electron chi connectivity index (χ1n) is 8.84. The zero-order chi connectivity index (χ0) is 18.3. The minimum absolute atomic E-state index is 0.135. The van der Waals surface area contributed by atoms with E-state index >= 15 is 0 Å². The number of aryl methyl sites for hydroxylation is 2. The minimum Gasteiger partial charge on any atom is -0.358 e. The van der Waals surface area contributed by atoms with E-state index in [4.69, 9.17) is 0 Å². The van der Waals surface area contributed by atoms with E-state index in [0.717, 1.165) is 40.8 Å². The molecule has 2 amide bonds. The van der Waals surface area contributed by atoms with Crippen molar-refractivity contribution in [2.24, 2.45) is 0 Å². The molecule has 0 aliphatic carbocycles. The molecule has 3 aromatic rings. The standard InChI is InChI=1S/C21H21N3O2/c1-13-14(2)22-20-17(13)8-4-9-18(20)21(26)23-15-6-3-7-16(12-15)24-11-5-10-19(24)25/h3-4,6-9,12,22H,5,10-11H2,1-2H3,(H,23,26). The van der Waals surface area contributed by atoms with E-state index in [9.17, 15) is 9.59 Å². The first-order chi connectivity index (χ1) is 12.5. The lowest BCUT2D eigenvalue weighted by Crippen LogP contribution is -2.23. The van der Waals surface area contributed by atoms with Crippen LogP contribution in [-0.2, 0) is 4.79 Å². The van der Waals surface area contributed by atoms with E-state index in [1.165, 1.54) is 0 Å². The van der Waals surface area contributed by atoms with Crippen LogP contribution in [0.3, 0.4) is 0 Å². The van der Waals surface area contributed by atoms with Gasteiger partial charge in [0.05, 0.1) is 11.1 Å². The molecule has 0 saturated carbocycles. The number of para-hydroxylation sites is 1. The zero-order valence-electron chi connectivity index (χ0n) is 14.9. The molecular weight excluding hydrogens is 326 g/mol. The number of rotatable bonds is 3. The van der Waals surface area contributed by atoms with Gasteiger partial charge in [-0.1, -0.05) is 18.2 Å². The molecule has 2 N–H and O–H groups in total. The maximum atomic E-state index is 12.8. The van der Waals surface area contributed by atoms with Crippen molar-refractivity contribution in [2.75, 3.05) is 16.8 Å². The van der Waals surface area contributed by atoms with Crippen molar-refractivity contribution in [3.05, 3.63) is 59.3 Å². The second-order valence-corrected chi connectivity index (χ2v) is 6.76. The van der Waals surface area contributed by atoms with Crippen LogP contribution in [0.25, 0.3) is 10.9 Å². The molecule has 5 heteroatoms. The van der Waals surface area contributed by atoms with Crippen LogP contribution < -0.4 is 10.2 Å². The molecule has 0 spiro atoms. The van der Waals surface area contributed by atoms with Crippen molar-refractivity contribution in [2.45, 2.75) is 26.7 Å². The summed E-state index contributed by atoms with van der Waals surface area (Å²) in [6, 6.07) is 13.2. The number of benzene rings is 2. The molecule has 132 valence electrons. The Kier molecular flexibility index (Phi) is 3.99. The third-order valence-electron chi connectivity index (χ3n) is 5.08. The van der Waals surface area contributed by atoms with Crippen LogP contribution in [0.2, 0.25) is 0 Å². The molecule has 0 radical (unpaired) electrons. The number of fused-ring (bicyclic) bond motifs is 1. The number of carbonyl (C=O) groups is 2. The van der Waals surface area contributed by atoms with Crippen molar-refractivity contribution in [3.8, 4) is 0 Å². The van der Waals surface area contributed by atoms with Crippen molar-refractivity contribution < 1.29 is 9.59 Å². The maximum Gasteiger partial charge on any atom is 0.257 e. The SMILES string of the molecule is Cc1[nH]c2c(C(=O)Nc3cccc(N4CCCC4=O)c3)cccc2c1C. The summed E-state index contributed by atoms with van der Waals surface area (Å²) >= 11 is 0. The van der Waals surface area contributed by atoms with Gasteiger partial charge < -0.3 is 15.2 Å². The Labute approximate surface area is 152 Å². The summed E-state index contributed by atoms with van der Waals surface area (Å²) in [5.74, 6) is -0.0303. The van der Waals surface area contributed by atoms with Gasteiger partial charge >= 0.3 is 0 Å². The number of hydrogen-bond donors (Lipinski definition) is 2. The van der Waals surface area contributed by atoms with Crippen LogP contribution in [0.4, 0.5) is 11.4 Å². The second-order valence-electron chi connectivity index (χ2n) is 6.76. The van der Waals surface area contributed by atoms with Crippen LogP contribution in [0.15, 0.2) is 42.5 Å². The highest BCUT2D eigenvalue weighted by molar-refractivity contribution is 6.12. The average Bonchev–Trinajstić information content (AvgIpc) is 3.19. The van der Waals surface area contributed by atoms with Crippen molar-refractivity contribution in [1.82, 2.24) is 4.98 Å². The van der Waals surface area contributed by atoms with Crippen LogP contribution >= 0.6 is 0 Å². The van der Waals surface area contributed by atoms with Crippen molar-refractivity contribution in [1.29, 1.82) is 0 Å². The molecule has 1 fully saturated rings. The Bertz CT molecular complexity index is 1020. The van der Waals surface area contributed by atoms with Gasteiger partial charge in [-0.2, -0.15) is 0 Å². The molecule has 4 rings (SSSR count). The summed E-state index contributed by atoms with van der Waals surface area (Å²) in [5, 5.41) is 4.02. The maximum absolute atomic E-state index is 12.8. The van der Waals surface area contributed by atoms with E-state index < -0.39 is 0 Å². The van der Waals surface area contributed by atoms with Crippen LogP contribution in [-0.4, -0.2) is 23.3 Å². The lowest BCUT2D eigenvalue weighted by molar-refractivity contribution is -0.117. The molecule has 1 aromatic heterocycles. The van der Waals surface area contributed by atoms with E-state index in [1.807, 2.05) is 56.3 Å². The van der Waals surface area contributed by atoms with Gasteiger partial charge in [0.1, 0.15) is 0 Å². The molecule has 1 aliphatic rings. The Hall–Kier alpha value is -3.08. The number of nitrogens with one attached hydrogen (secondary N) is 2. The molecule has 0 atom stereocenters. The van der Waals surface area contributed by atoms with Crippen molar-refractivity contribution >= 4 is 34.1 Å². The number of hydrogen-bond acceptors (Lipinski definition) is 2.